The summed E-state index contributed by atoms with van der Waals surface area (Å²) < 4.78 is 6.47. The summed E-state index contributed by atoms with van der Waals surface area (Å²) in [6, 6.07) is 14.1. The summed E-state index contributed by atoms with van der Waals surface area (Å²) in [5.41, 5.74) is 4.58. The van der Waals surface area contributed by atoms with Crippen molar-refractivity contribution in [3.63, 3.8) is 0 Å². The van der Waals surface area contributed by atoms with Crippen molar-refractivity contribution in [3.05, 3.63) is 70.8 Å². The molecule has 2 aromatic carbocycles. The fraction of sp³-hybridized carbons (Fsp3) is 0.333. The molecule has 4 rings (SSSR count). The second-order valence-electron chi connectivity index (χ2n) is 8.17. The number of amides is 1. The van der Waals surface area contributed by atoms with E-state index in [1.807, 2.05) is 19.1 Å². The molecular formula is C24H26N2O4. The highest BCUT2D eigenvalue weighted by Gasteiger charge is 2.43. The molecule has 1 amide bonds. The van der Waals surface area contributed by atoms with Gasteiger partial charge in [0.15, 0.2) is 5.78 Å². The van der Waals surface area contributed by atoms with Gasteiger partial charge in [-0.25, -0.2) is 5.48 Å². The number of benzene rings is 2. The summed E-state index contributed by atoms with van der Waals surface area (Å²) in [5, 5.41) is 8.62. The Morgan fingerprint density at radius 2 is 1.97 bits per heavy atom. The first-order valence-electron chi connectivity index (χ1n) is 10.2. The van der Waals surface area contributed by atoms with Crippen LogP contribution in [-0.4, -0.2) is 40.5 Å². The minimum absolute atomic E-state index is 0.0812. The molecule has 0 radical (unpaired) electrons. The monoisotopic (exact) mass is 406 g/mol. The first-order valence-corrected chi connectivity index (χ1v) is 10.2. The van der Waals surface area contributed by atoms with E-state index >= 15 is 0 Å². The van der Waals surface area contributed by atoms with E-state index in [1.165, 1.54) is 11.6 Å². The fourth-order valence-corrected chi connectivity index (χ4v) is 4.33. The van der Waals surface area contributed by atoms with Gasteiger partial charge < -0.3 is 4.74 Å². The molecule has 1 spiro atoms. The largest absolute Gasteiger partial charge is 0.486 e. The zero-order valence-corrected chi connectivity index (χ0v) is 17.1. The van der Waals surface area contributed by atoms with Gasteiger partial charge in [0.25, 0.3) is 5.91 Å². The van der Waals surface area contributed by atoms with Gasteiger partial charge >= 0.3 is 0 Å². The van der Waals surface area contributed by atoms with E-state index in [-0.39, 0.29) is 5.78 Å². The van der Waals surface area contributed by atoms with Crippen LogP contribution in [0.15, 0.2) is 48.5 Å². The average Bonchev–Trinajstić information content (AvgIpc) is 2.75. The number of Topliss-reactive ketones (excluding diaryl/α,β-unsaturated/α-hetero) is 1. The maximum Gasteiger partial charge on any atom is 0.267 e. The Hall–Kier alpha value is -2.96. The lowest BCUT2D eigenvalue weighted by atomic mass is 9.81. The van der Waals surface area contributed by atoms with E-state index < -0.39 is 11.5 Å². The van der Waals surface area contributed by atoms with E-state index in [0.717, 1.165) is 43.6 Å². The van der Waals surface area contributed by atoms with Gasteiger partial charge in [-0.3, -0.25) is 19.7 Å². The highest BCUT2D eigenvalue weighted by molar-refractivity contribution is 6.01. The predicted molar refractivity (Wildman–Crippen MR) is 113 cm³/mol. The Bertz CT molecular complexity index is 976. The van der Waals surface area contributed by atoms with Gasteiger partial charge in [0.2, 0.25) is 0 Å². The standard InChI is InChI=1S/C24H26N2O4/c1-17-13-19(7-8-22(28)25-29)14-20-21(27)15-24(30-23(17)20)9-11-26(12-10-24)16-18-5-3-2-4-6-18/h2-8,13-14,29H,9-12,15-16H2,1H3,(H,25,28). The minimum Gasteiger partial charge on any atom is -0.486 e. The van der Waals surface area contributed by atoms with Gasteiger partial charge in [-0.2, -0.15) is 0 Å². The van der Waals surface area contributed by atoms with Gasteiger partial charge in [0.05, 0.1) is 12.0 Å². The molecule has 0 atom stereocenters. The Kier molecular flexibility index (Phi) is 5.70. The Balaban J connectivity index is 1.48. The molecule has 0 aromatic heterocycles. The number of carbonyl (C=O) groups excluding carboxylic acids is 2. The van der Waals surface area contributed by atoms with Crippen LogP contribution in [0.5, 0.6) is 5.75 Å². The lowest BCUT2D eigenvalue weighted by molar-refractivity contribution is -0.124. The van der Waals surface area contributed by atoms with Gasteiger partial charge in [-0.05, 0) is 41.8 Å². The number of ether oxygens (including phenoxy) is 1. The normalized spacial score (nSPS) is 18.3. The Morgan fingerprint density at radius 3 is 2.67 bits per heavy atom. The summed E-state index contributed by atoms with van der Waals surface area (Å²) >= 11 is 0. The van der Waals surface area contributed by atoms with Crippen LogP contribution in [0.4, 0.5) is 0 Å². The second-order valence-corrected chi connectivity index (χ2v) is 8.17. The van der Waals surface area contributed by atoms with E-state index in [2.05, 4.69) is 29.2 Å². The number of carbonyl (C=O) groups is 2. The quantitative estimate of drug-likeness (QED) is 0.462. The molecule has 30 heavy (non-hydrogen) atoms. The molecule has 2 aromatic rings. The molecule has 6 heteroatoms. The topological polar surface area (TPSA) is 78.9 Å². The van der Waals surface area contributed by atoms with Crippen molar-refractivity contribution in [2.45, 2.75) is 38.3 Å². The molecule has 6 nitrogen and oxygen atoms in total. The molecule has 156 valence electrons. The first kappa shape index (κ1) is 20.3. The van der Waals surface area contributed by atoms with Crippen LogP contribution in [0.25, 0.3) is 6.08 Å². The SMILES string of the molecule is Cc1cc(C=CC(=O)NO)cc2c1OC1(CCN(Cc3ccccc3)CC1)CC2=O. The fourth-order valence-electron chi connectivity index (χ4n) is 4.33. The summed E-state index contributed by atoms with van der Waals surface area (Å²) in [6.07, 6.45) is 4.81. The molecule has 2 aliphatic heterocycles. The minimum atomic E-state index is -0.617. The molecular weight excluding hydrogens is 380 g/mol. The number of ketones is 1. The van der Waals surface area contributed by atoms with Crippen LogP contribution in [0, 0.1) is 6.92 Å². The van der Waals surface area contributed by atoms with Gasteiger partial charge in [-0.1, -0.05) is 30.3 Å². The van der Waals surface area contributed by atoms with Crippen LogP contribution in [-0.2, 0) is 11.3 Å². The lowest BCUT2D eigenvalue weighted by Crippen LogP contribution is -2.50. The highest BCUT2D eigenvalue weighted by Crippen LogP contribution is 2.41. The average molecular weight is 406 g/mol. The molecule has 2 aliphatic rings. The molecule has 0 saturated carbocycles. The Labute approximate surface area is 176 Å². The van der Waals surface area contributed by atoms with Crippen LogP contribution in [0.1, 0.15) is 46.3 Å². The molecule has 1 saturated heterocycles. The molecule has 0 unspecified atom stereocenters. The number of hydrogen-bond acceptors (Lipinski definition) is 5. The van der Waals surface area contributed by atoms with Gasteiger partial charge in [0.1, 0.15) is 11.4 Å². The third-order valence-corrected chi connectivity index (χ3v) is 5.95. The number of aryl methyl sites for hydroxylation is 1. The maximum atomic E-state index is 13.0. The zero-order chi connectivity index (χ0) is 21.1. The van der Waals surface area contributed by atoms with Crippen molar-refractivity contribution >= 4 is 17.8 Å². The van der Waals surface area contributed by atoms with E-state index in [1.54, 1.807) is 17.6 Å². The van der Waals surface area contributed by atoms with Crippen molar-refractivity contribution in [2.24, 2.45) is 0 Å². The third kappa shape index (κ3) is 4.30. The van der Waals surface area contributed by atoms with Crippen LogP contribution in [0.2, 0.25) is 0 Å². The number of hydroxylamine groups is 1. The van der Waals surface area contributed by atoms with Crippen molar-refractivity contribution in [1.82, 2.24) is 10.4 Å². The van der Waals surface area contributed by atoms with Crippen molar-refractivity contribution in [2.75, 3.05) is 13.1 Å². The van der Waals surface area contributed by atoms with Crippen LogP contribution in [0.3, 0.4) is 0 Å². The predicted octanol–water partition coefficient (Wildman–Crippen LogP) is 3.51. The van der Waals surface area contributed by atoms with Crippen molar-refractivity contribution in [3.8, 4) is 5.75 Å². The van der Waals surface area contributed by atoms with E-state index in [0.29, 0.717) is 17.7 Å². The smallest absolute Gasteiger partial charge is 0.267 e. The maximum absolute atomic E-state index is 13.0. The summed E-state index contributed by atoms with van der Waals surface area (Å²) in [5.74, 6) is 0.124. The van der Waals surface area contributed by atoms with E-state index in [9.17, 15) is 9.59 Å². The highest BCUT2D eigenvalue weighted by atomic mass is 16.5. The first-order chi connectivity index (χ1) is 14.5. The number of piperidine rings is 1. The number of likely N-dealkylation sites (tertiary alicyclic amines) is 1. The summed E-state index contributed by atoms with van der Waals surface area (Å²) in [4.78, 5) is 26.6. The molecule has 0 aliphatic carbocycles. The Morgan fingerprint density at radius 1 is 1.23 bits per heavy atom. The number of hydrogen-bond donors (Lipinski definition) is 2. The zero-order valence-electron chi connectivity index (χ0n) is 17.1. The van der Waals surface area contributed by atoms with Crippen LogP contribution < -0.4 is 10.2 Å². The summed E-state index contributed by atoms with van der Waals surface area (Å²) in [6.45, 7) is 4.62. The molecule has 2 N–H and O–H groups in total. The third-order valence-electron chi connectivity index (χ3n) is 5.95. The van der Waals surface area contributed by atoms with E-state index in [4.69, 9.17) is 9.94 Å². The van der Waals surface area contributed by atoms with Gasteiger partial charge in [-0.15, -0.1) is 0 Å². The van der Waals surface area contributed by atoms with Crippen LogP contribution >= 0.6 is 0 Å². The molecule has 1 fully saturated rings. The number of fused-ring (bicyclic) bond motifs is 1. The lowest BCUT2D eigenvalue weighted by Gasteiger charge is -2.44. The van der Waals surface area contributed by atoms with Gasteiger partial charge in [0, 0.05) is 38.6 Å². The summed E-state index contributed by atoms with van der Waals surface area (Å²) in [7, 11) is 0. The van der Waals surface area contributed by atoms with Crippen molar-refractivity contribution in [1.29, 1.82) is 0 Å². The number of nitrogens with zero attached hydrogens (tertiary/aromatic N) is 1. The number of nitrogens with one attached hydrogen (secondary N) is 1. The van der Waals surface area contributed by atoms with Crippen molar-refractivity contribution < 1.29 is 19.5 Å². The number of rotatable bonds is 4. The second kappa shape index (κ2) is 8.42. The molecule has 0 bridgehead atoms. The molecule has 2 heterocycles.